The fraction of sp³-hybridized carbons (Fsp3) is 0.538. The second kappa shape index (κ2) is 6.73. The molecule has 5 N–H and O–H groups in total. The average Bonchev–Trinajstić information content (AvgIpc) is 2.24. The number of aryl methyl sites for hydroxylation is 1. The van der Waals surface area contributed by atoms with Gasteiger partial charge >= 0.3 is 0 Å². The Kier molecular flexibility index (Phi) is 6.61. The van der Waals surface area contributed by atoms with Gasteiger partial charge in [0.05, 0.1) is 5.60 Å². The van der Waals surface area contributed by atoms with Gasteiger partial charge in [-0.05, 0) is 31.7 Å². The molecule has 0 spiro atoms. The largest absolute Gasteiger partial charge is 0.385 e. The van der Waals surface area contributed by atoms with Gasteiger partial charge in [-0.1, -0.05) is 29.8 Å². The molecule has 1 aromatic rings. The van der Waals surface area contributed by atoms with E-state index in [0.29, 0.717) is 12.8 Å². The number of nitrogens with two attached hydrogens (primary N) is 2. The lowest BCUT2D eigenvalue weighted by Gasteiger charge is -2.39. The molecule has 18 heavy (non-hydrogen) atoms. The Balaban J connectivity index is 0.00000144. The molecule has 104 valence electrons. The highest BCUT2D eigenvalue weighted by Crippen LogP contribution is 2.36. The second-order valence-corrected chi connectivity index (χ2v) is 4.97. The van der Waals surface area contributed by atoms with Crippen LogP contribution in [0.1, 0.15) is 30.4 Å². The molecule has 0 saturated heterocycles. The third kappa shape index (κ3) is 3.59. The van der Waals surface area contributed by atoms with Gasteiger partial charge in [-0.2, -0.15) is 0 Å². The Bertz CT molecular complexity index is 389. The van der Waals surface area contributed by atoms with Crippen molar-refractivity contribution >= 4 is 24.8 Å². The van der Waals surface area contributed by atoms with Gasteiger partial charge in [0.1, 0.15) is 0 Å². The first kappa shape index (κ1) is 17.7. The molecule has 0 bridgehead atoms. The summed E-state index contributed by atoms with van der Waals surface area (Å²) in [5.74, 6) is 0. The van der Waals surface area contributed by atoms with E-state index in [9.17, 15) is 5.11 Å². The molecule has 1 aliphatic carbocycles. The third-order valence-corrected chi connectivity index (χ3v) is 3.57. The summed E-state index contributed by atoms with van der Waals surface area (Å²) in [4.78, 5) is 0. The zero-order valence-electron chi connectivity index (χ0n) is 10.5. The molecule has 0 unspecified atom stereocenters. The maximum absolute atomic E-state index is 10.6. The molecule has 0 heterocycles. The fourth-order valence-electron chi connectivity index (χ4n) is 2.46. The van der Waals surface area contributed by atoms with Crippen molar-refractivity contribution < 1.29 is 5.11 Å². The molecule has 5 heteroatoms. The summed E-state index contributed by atoms with van der Waals surface area (Å²) in [7, 11) is 0. The van der Waals surface area contributed by atoms with Crippen LogP contribution < -0.4 is 11.5 Å². The van der Waals surface area contributed by atoms with Gasteiger partial charge < -0.3 is 16.6 Å². The van der Waals surface area contributed by atoms with E-state index in [4.69, 9.17) is 11.5 Å². The van der Waals surface area contributed by atoms with Crippen LogP contribution >= 0.6 is 24.8 Å². The zero-order valence-corrected chi connectivity index (χ0v) is 12.1. The predicted molar refractivity (Wildman–Crippen MR) is 79.4 cm³/mol. The molecule has 1 fully saturated rings. The Morgan fingerprint density at radius 1 is 1.22 bits per heavy atom. The van der Waals surface area contributed by atoms with Crippen LogP contribution in [0.15, 0.2) is 24.3 Å². The van der Waals surface area contributed by atoms with Crippen LogP contribution in [0.3, 0.4) is 0 Å². The molecule has 1 aromatic carbocycles. The number of benzene rings is 1. The van der Waals surface area contributed by atoms with Gasteiger partial charge in [0.15, 0.2) is 0 Å². The normalized spacial score (nSPS) is 31.1. The van der Waals surface area contributed by atoms with E-state index < -0.39 is 5.60 Å². The van der Waals surface area contributed by atoms with Crippen molar-refractivity contribution in [3.05, 3.63) is 35.4 Å². The van der Waals surface area contributed by atoms with Crippen LogP contribution in [0, 0.1) is 6.92 Å². The number of rotatable bonds is 1. The topological polar surface area (TPSA) is 72.3 Å². The molecule has 0 aliphatic heterocycles. The van der Waals surface area contributed by atoms with E-state index in [0.717, 1.165) is 17.5 Å². The summed E-state index contributed by atoms with van der Waals surface area (Å²) < 4.78 is 0. The summed E-state index contributed by atoms with van der Waals surface area (Å²) in [5, 5.41) is 10.6. The second-order valence-electron chi connectivity index (χ2n) is 4.97. The molecule has 2 rings (SSSR count). The van der Waals surface area contributed by atoms with Gasteiger partial charge in [0.2, 0.25) is 0 Å². The van der Waals surface area contributed by atoms with E-state index in [-0.39, 0.29) is 36.9 Å². The molecular weight excluding hydrogens is 271 g/mol. The molecule has 0 radical (unpaired) electrons. The Morgan fingerprint density at radius 3 is 2.44 bits per heavy atom. The Labute approximate surface area is 121 Å². The van der Waals surface area contributed by atoms with Crippen LogP contribution in [0.2, 0.25) is 0 Å². The first-order valence-corrected chi connectivity index (χ1v) is 5.82. The van der Waals surface area contributed by atoms with E-state index >= 15 is 0 Å². The first-order chi connectivity index (χ1) is 7.51. The molecule has 0 aromatic heterocycles. The summed E-state index contributed by atoms with van der Waals surface area (Å²) in [6.45, 7) is 2.03. The average molecular weight is 293 g/mol. The predicted octanol–water partition coefficient (Wildman–Crippen LogP) is 1.86. The van der Waals surface area contributed by atoms with Gasteiger partial charge in [-0.25, -0.2) is 0 Å². The van der Waals surface area contributed by atoms with Crippen LogP contribution in [0.25, 0.3) is 0 Å². The number of aliphatic hydroxyl groups is 1. The molecule has 1 aliphatic rings. The van der Waals surface area contributed by atoms with Gasteiger partial charge in [0, 0.05) is 12.1 Å². The van der Waals surface area contributed by atoms with Gasteiger partial charge in [0.25, 0.3) is 0 Å². The maximum atomic E-state index is 10.6. The summed E-state index contributed by atoms with van der Waals surface area (Å²) in [6, 6.07) is 7.91. The Morgan fingerprint density at radius 2 is 1.89 bits per heavy atom. The smallest absolute Gasteiger partial charge is 0.0912 e. The zero-order chi connectivity index (χ0) is 11.8. The number of halogens is 2. The highest BCUT2D eigenvalue weighted by atomic mass is 35.5. The van der Waals surface area contributed by atoms with Crippen LogP contribution in [-0.2, 0) is 5.60 Å². The van der Waals surface area contributed by atoms with Crippen molar-refractivity contribution in [2.45, 2.75) is 43.9 Å². The number of hydrogen-bond donors (Lipinski definition) is 3. The van der Waals surface area contributed by atoms with E-state index in [1.807, 2.05) is 31.2 Å². The lowest BCUT2D eigenvalue weighted by atomic mass is 9.75. The first-order valence-electron chi connectivity index (χ1n) is 5.82. The lowest BCUT2D eigenvalue weighted by Crippen LogP contribution is -2.51. The number of hydrogen-bond acceptors (Lipinski definition) is 3. The van der Waals surface area contributed by atoms with Crippen molar-refractivity contribution in [3.8, 4) is 0 Å². The minimum atomic E-state index is -0.790. The quantitative estimate of drug-likeness (QED) is 0.740. The monoisotopic (exact) mass is 292 g/mol. The molecule has 1 saturated carbocycles. The summed E-state index contributed by atoms with van der Waals surface area (Å²) >= 11 is 0. The maximum Gasteiger partial charge on any atom is 0.0912 e. The SMILES string of the molecule is Cc1cccc([C@@]2(O)CC[C@H](N)[C@@H](N)C2)c1.Cl.Cl. The highest BCUT2D eigenvalue weighted by Gasteiger charge is 2.37. The minimum absolute atomic E-state index is 0. The van der Waals surface area contributed by atoms with E-state index in [1.54, 1.807) is 0 Å². The van der Waals surface area contributed by atoms with E-state index in [2.05, 4.69) is 0 Å². The van der Waals surface area contributed by atoms with Gasteiger partial charge in [-0.15, -0.1) is 24.8 Å². The minimum Gasteiger partial charge on any atom is -0.385 e. The van der Waals surface area contributed by atoms with Crippen molar-refractivity contribution in [3.63, 3.8) is 0 Å². The lowest BCUT2D eigenvalue weighted by molar-refractivity contribution is -0.0121. The van der Waals surface area contributed by atoms with Crippen LogP contribution in [-0.4, -0.2) is 17.2 Å². The van der Waals surface area contributed by atoms with E-state index in [1.165, 1.54) is 0 Å². The standard InChI is InChI=1S/C13H20N2O.2ClH/c1-9-3-2-4-10(7-9)13(16)6-5-11(14)12(15)8-13;;/h2-4,7,11-12,16H,5-6,8,14-15H2,1H3;2*1H/t11-,12-,13+;;/m0../s1. The summed E-state index contributed by atoms with van der Waals surface area (Å²) in [5.41, 5.74) is 13.2. The molecule has 3 atom stereocenters. The van der Waals surface area contributed by atoms with Crippen molar-refractivity contribution in [1.29, 1.82) is 0 Å². The Hall–Kier alpha value is -0.320. The van der Waals surface area contributed by atoms with Gasteiger partial charge in [-0.3, -0.25) is 0 Å². The van der Waals surface area contributed by atoms with Crippen molar-refractivity contribution in [2.24, 2.45) is 11.5 Å². The fourth-order valence-corrected chi connectivity index (χ4v) is 2.46. The van der Waals surface area contributed by atoms with Crippen molar-refractivity contribution in [1.82, 2.24) is 0 Å². The van der Waals surface area contributed by atoms with Crippen molar-refractivity contribution in [2.75, 3.05) is 0 Å². The van der Waals surface area contributed by atoms with Crippen LogP contribution in [0.5, 0.6) is 0 Å². The molecule has 0 amide bonds. The summed E-state index contributed by atoms with van der Waals surface area (Å²) in [6.07, 6.45) is 2.04. The molecular formula is C13H22Cl2N2O. The highest BCUT2D eigenvalue weighted by molar-refractivity contribution is 5.85. The third-order valence-electron chi connectivity index (χ3n) is 3.57. The van der Waals surface area contributed by atoms with Crippen LogP contribution in [0.4, 0.5) is 0 Å². The molecule has 3 nitrogen and oxygen atoms in total.